The van der Waals surface area contributed by atoms with Gasteiger partial charge in [0.2, 0.25) is 5.89 Å². The Morgan fingerprint density at radius 3 is 3.00 bits per heavy atom. The molecule has 8 nitrogen and oxygen atoms in total. The number of carbonyl (C=O) groups excluding carboxylic acids is 1. The van der Waals surface area contributed by atoms with Crippen molar-refractivity contribution >= 4 is 5.97 Å². The molecule has 1 aliphatic rings. The maximum atomic E-state index is 11.6. The largest absolute Gasteiger partial charge is 0.461 e. The van der Waals surface area contributed by atoms with Gasteiger partial charge in [0.15, 0.2) is 11.5 Å². The zero-order chi connectivity index (χ0) is 14.1. The second-order valence-electron chi connectivity index (χ2n) is 4.72. The molecule has 0 aliphatic heterocycles. The summed E-state index contributed by atoms with van der Waals surface area (Å²) in [5.41, 5.74) is 0.846. The third-order valence-electron chi connectivity index (χ3n) is 3.15. The van der Waals surface area contributed by atoms with E-state index in [1.807, 2.05) is 0 Å². The molecule has 0 atom stereocenters. The van der Waals surface area contributed by atoms with Crippen LogP contribution in [0.5, 0.6) is 0 Å². The van der Waals surface area contributed by atoms with Crippen molar-refractivity contribution in [1.82, 2.24) is 25.1 Å². The normalized spacial score (nSPS) is 14.5. The van der Waals surface area contributed by atoms with Crippen molar-refractivity contribution < 1.29 is 14.1 Å². The topological polar surface area (TPSA) is 95.9 Å². The molecule has 0 unspecified atom stereocenters. The molecule has 1 saturated carbocycles. The Hall–Kier alpha value is -2.25. The highest BCUT2D eigenvalue weighted by Gasteiger charge is 2.29. The SMILES string of the molecule is CCOC(=O)c1nnn(Cc2noc(C3CC3)n2)c1C. The van der Waals surface area contributed by atoms with Gasteiger partial charge in [0.05, 0.1) is 12.3 Å². The third kappa shape index (κ3) is 2.40. The first-order valence-electron chi connectivity index (χ1n) is 6.58. The summed E-state index contributed by atoms with van der Waals surface area (Å²) in [4.78, 5) is 16.0. The predicted octanol–water partition coefficient (Wildman–Crippen LogP) is 1.07. The lowest BCUT2D eigenvalue weighted by Crippen LogP contribution is -2.09. The van der Waals surface area contributed by atoms with Crippen molar-refractivity contribution in [3.63, 3.8) is 0 Å². The van der Waals surface area contributed by atoms with Crippen LogP contribution in [0.4, 0.5) is 0 Å². The Morgan fingerprint density at radius 1 is 1.50 bits per heavy atom. The first-order chi connectivity index (χ1) is 9.69. The average molecular weight is 277 g/mol. The van der Waals surface area contributed by atoms with Crippen molar-refractivity contribution in [2.45, 2.75) is 39.2 Å². The Balaban J connectivity index is 1.75. The second-order valence-corrected chi connectivity index (χ2v) is 4.72. The zero-order valence-corrected chi connectivity index (χ0v) is 11.4. The molecule has 106 valence electrons. The lowest BCUT2D eigenvalue weighted by molar-refractivity contribution is 0.0518. The number of aromatic nitrogens is 5. The van der Waals surface area contributed by atoms with E-state index in [4.69, 9.17) is 9.26 Å². The molecule has 1 fully saturated rings. The summed E-state index contributed by atoms with van der Waals surface area (Å²) in [7, 11) is 0. The Labute approximate surface area is 115 Å². The molecule has 0 saturated heterocycles. The van der Waals surface area contributed by atoms with E-state index < -0.39 is 5.97 Å². The van der Waals surface area contributed by atoms with Crippen LogP contribution in [0.2, 0.25) is 0 Å². The number of carbonyl (C=O) groups is 1. The summed E-state index contributed by atoms with van der Waals surface area (Å²) in [6.07, 6.45) is 2.22. The highest BCUT2D eigenvalue weighted by molar-refractivity contribution is 5.88. The standard InChI is InChI=1S/C12H15N5O3/c1-3-19-12(18)10-7(2)17(16-14-10)6-9-13-11(20-15-9)8-4-5-8/h8H,3-6H2,1-2H3. The first kappa shape index (κ1) is 12.8. The van der Waals surface area contributed by atoms with Crippen molar-refractivity contribution in [3.8, 4) is 0 Å². The highest BCUT2D eigenvalue weighted by Crippen LogP contribution is 2.38. The van der Waals surface area contributed by atoms with E-state index in [9.17, 15) is 4.79 Å². The van der Waals surface area contributed by atoms with Gasteiger partial charge in [-0.3, -0.25) is 0 Å². The summed E-state index contributed by atoms with van der Waals surface area (Å²) in [6, 6.07) is 0. The van der Waals surface area contributed by atoms with Crippen LogP contribution in [0.25, 0.3) is 0 Å². The zero-order valence-electron chi connectivity index (χ0n) is 11.4. The summed E-state index contributed by atoms with van der Waals surface area (Å²) in [5, 5.41) is 11.7. The molecular weight excluding hydrogens is 262 g/mol. The van der Waals surface area contributed by atoms with Gasteiger partial charge in [0.25, 0.3) is 0 Å². The average Bonchev–Trinajstić information content (AvgIpc) is 3.07. The van der Waals surface area contributed by atoms with Crippen LogP contribution in [0, 0.1) is 6.92 Å². The van der Waals surface area contributed by atoms with E-state index in [-0.39, 0.29) is 5.69 Å². The fourth-order valence-electron chi connectivity index (χ4n) is 1.86. The molecule has 0 radical (unpaired) electrons. The van der Waals surface area contributed by atoms with Crippen LogP contribution in [-0.4, -0.2) is 37.7 Å². The van der Waals surface area contributed by atoms with E-state index in [1.54, 1.807) is 18.5 Å². The Bertz CT molecular complexity index is 629. The molecule has 20 heavy (non-hydrogen) atoms. The summed E-state index contributed by atoms with van der Waals surface area (Å²) < 4.78 is 11.7. The van der Waals surface area contributed by atoms with Crippen LogP contribution in [0.1, 0.15) is 53.6 Å². The van der Waals surface area contributed by atoms with Crippen molar-refractivity contribution in [3.05, 3.63) is 23.1 Å². The molecule has 0 bridgehead atoms. The van der Waals surface area contributed by atoms with Crippen molar-refractivity contribution in [1.29, 1.82) is 0 Å². The first-order valence-corrected chi connectivity index (χ1v) is 6.58. The molecule has 0 N–H and O–H groups in total. The van der Waals surface area contributed by atoms with Gasteiger partial charge in [-0.15, -0.1) is 5.10 Å². The van der Waals surface area contributed by atoms with Gasteiger partial charge in [-0.2, -0.15) is 4.98 Å². The van der Waals surface area contributed by atoms with Crippen LogP contribution >= 0.6 is 0 Å². The minimum absolute atomic E-state index is 0.220. The Kier molecular flexibility index (Phi) is 3.21. The van der Waals surface area contributed by atoms with Crippen molar-refractivity contribution in [2.75, 3.05) is 6.61 Å². The minimum Gasteiger partial charge on any atom is -0.461 e. The van der Waals surface area contributed by atoms with E-state index in [0.717, 1.165) is 12.8 Å². The molecule has 1 aliphatic carbocycles. The van der Waals surface area contributed by atoms with Crippen LogP contribution < -0.4 is 0 Å². The van der Waals surface area contributed by atoms with E-state index in [2.05, 4.69) is 20.5 Å². The summed E-state index contributed by atoms with van der Waals surface area (Å²) >= 11 is 0. The lowest BCUT2D eigenvalue weighted by Gasteiger charge is -2.00. The maximum absolute atomic E-state index is 11.6. The van der Waals surface area contributed by atoms with Crippen molar-refractivity contribution in [2.24, 2.45) is 0 Å². The fraction of sp³-hybridized carbons (Fsp3) is 0.583. The van der Waals surface area contributed by atoms with Gasteiger partial charge in [-0.05, 0) is 26.7 Å². The van der Waals surface area contributed by atoms with Gasteiger partial charge >= 0.3 is 5.97 Å². The fourth-order valence-corrected chi connectivity index (χ4v) is 1.86. The molecule has 2 heterocycles. The van der Waals surface area contributed by atoms with Gasteiger partial charge in [0.1, 0.15) is 6.54 Å². The van der Waals surface area contributed by atoms with Crippen LogP contribution in [0.15, 0.2) is 4.52 Å². The molecule has 8 heteroatoms. The molecule has 0 spiro atoms. The van der Waals surface area contributed by atoms with Gasteiger partial charge in [-0.1, -0.05) is 10.4 Å². The second kappa shape index (κ2) is 5.03. The summed E-state index contributed by atoms with van der Waals surface area (Å²) in [6.45, 7) is 4.14. The van der Waals surface area contributed by atoms with E-state index in [0.29, 0.717) is 36.5 Å². The number of nitrogens with zero attached hydrogens (tertiary/aromatic N) is 5. The quantitative estimate of drug-likeness (QED) is 0.754. The predicted molar refractivity (Wildman–Crippen MR) is 66.1 cm³/mol. The molecule has 0 aromatic carbocycles. The smallest absolute Gasteiger partial charge is 0.360 e. The van der Waals surface area contributed by atoms with Crippen LogP contribution in [0.3, 0.4) is 0 Å². The number of hydrogen-bond acceptors (Lipinski definition) is 7. The molecular formula is C12H15N5O3. The number of ether oxygens (including phenoxy) is 1. The van der Waals surface area contributed by atoms with E-state index >= 15 is 0 Å². The molecule has 2 aromatic rings. The molecule has 0 amide bonds. The van der Waals surface area contributed by atoms with Gasteiger partial charge < -0.3 is 9.26 Å². The van der Waals surface area contributed by atoms with Crippen LogP contribution in [-0.2, 0) is 11.3 Å². The summed E-state index contributed by atoms with van der Waals surface area (Å²) in [5.74, 6) is 1.17. The van der Waals surface area contributed by atoms with E-state index in [1.165, 1.54) is 0 Å². The Morgan fingerprint density at radius 2 is 2.30 bits per heavy atom. The number of esters is 1. The number of rotatable bonds is 5. The van der Waals surface area contributed by atoms with Gasteiger partial charge in [-0.25, -0.2) is 9.48 Å². The molecule has 3 rings (SSSR count). The highest BCUT2D eigenvalue weighted by atomic mass is 16.5. The molecule has 2 aromatic heterocycles. The monoisotopic (exact) mass is 277 g/mol. The third-order valence-corrected chi connectivity index (χ3v) is 3.15. The number of hydrogen-bond donors (Lipinski definition) is 0. The minimum atomic E-state index is -0.469. The maximum Gasteiger partial charge on any atom is 0.360 e. The van der Waals surface area contributed by atoms with Gasteiger partial charge in [0, 0.05) is 5.92 Å². The lowest BCUT2D eigenvalue weighted by atomic mass is 10.3.